The fourth-order valence-corrected chi connectivity index (χ4v) is 6.06. The Morgan fingerprint density at radius 3 is 2.58 bits per heavy atom. The summed E-state index contributed by atoms with van der Waals surface area (Å²) in [4.78, 5) is 42.8. The second kappa shape index (κ2) is 12.9. The maximum atomic E-state index is 13.9. The molecule has 204 valence electrons. The molecule has 2 saturated heterocycles. The normalized spacial score (nSPS) is 22.7. The topological polar surface area (TPSA) is 104 Å². The van der Waals surface area contributed by atoms with Crippen molar-refractivity contribution in [2.24, 2.45) is 5.73 Å². The first-order valence-electron chi connectivity index (χ1n) is 13.6. The van der Waals surface area contributed by atoms with E-state index in [2.05, 4.69) is 17.0 Å². The molecule has 8 heteroatoms. The van der Waals surface area contributed by atoms with Gasteiger partial charge in [0.15, 0.2) is 5.78 Å². The number of aliphatic carboxylic acids is 1. The number of hydrogen-bond donors (Lipinski definition) is 2. The number of amides is 1. The number of carbonyl (C=O) groups is 3. The third-order valence-electron chi connectivity index (χ3n) is 7.98. The predicted octanol–water partition coefficient (Wildman–Crippen LogP) is 4.02. The SMILES string of the molecule is Cc1cc(CCC(=O)[C@@H](CCC(=O)O)N2CCC(CCc3ccccc3)N3C[C@H](N)C[C@H]3C2=O)ccc1Cl. The minimum absolute atomic E-state index is 0.0914. The van der Waals surface area contributed by atoms with Crippen molar-refractivity contribution in [3.8, 4) is 0 Å². The van der Waals surface area contributed by atoms with Crippen molar-refractivity contribution in [1.29, 1.82) is 0 Å². The molecule has 2 aromatic rings. The van der Waals surface area contributed by atoms with Crippen LogP contribution in [0.3, 0.4) is 0 Å². The standard InChI is InChI=1S/C30H38ClN3O4/c1-20-17-22(8-11-25(20)31)9-13-28(35)26(12-14-29(36)37)33-16-15-24(10-7-21-5-3-2-4-6-21)34-19-23(32)18-27(34)30(33)38/h2-6,8,11,17,23-24,26-27H,7,9-10,12-16,18-19,32H2,1H3,(H,36,37)/t23-,24?,26-,27+/m1/s1. The Balaban J connectivity index is 1.51. The lowest BCUT2D eigenvalue weighted by Crippen LogP contribution is -2.50. The monoisotopic (exact) mass is 539 g/mol. The van der Waals surface area contributed by atoms with Gasteiger partial charge in [-0.25, -0.2) is 0 Å². The number of aryl methyl sites for hydroxylation is 3. The summed E-state index contributed by atoms with van der Waals surface area (Å²) in [6, 6.07) is 15.0. The number of fused-ring (bicyclic) bond motifs is 1. The van der Waals surface area contributed by atoms with Gasteiger partial charge in [-0.15, -0.1) is 0 Å². The van der Waals surface area contributed by atoms with Crippen LogP contribution >= 0.6 is 11.6 Å². The minimum Gasteiger partial charge on any atom is -0.481 e. The molecule has 2 heterocycles. The molecule has 0 radical (unpaired) electrons. The predicted molar refractivity (Wildman–Crippen MR) is 148 cm³/mol. The Labute approximate surface area is 229 Å². The molecule has 4 rings (SSSR count). The molecular weight excluding hydrogens is 502 g/mol. The van der Waals surface area contributed by atoms with E-state index in [0.29, 0.717) is 31.0 Å². The van der Waals surface area contributed by atoms with Crippen LogP contribution in [0, 0.1) is 6.92 Å². The number of Topliss-reactive ketones (excluding diaryl/α,β-unsaturated/α-hetero) is 1. The first-order chi connectivity index (χ1) is 18.2. The van der Waals surface area contributed by atoms with Crippen molar-refractivity contribution in [3.05, 3.63) is 70.2 Å². The average molecular weight is 540 g/mol. The molecule has 7 nitrogen and oxygen atoms in total. The van der Waals surface area contributed by atoms with Crippen molar-refractivity contribution < 1.29 is 19.5 Å². The van der Waals surface area contributed by atoms with Gasteiger partial charge in [-0.3, -0.25) is 19.3 Å². The molecule has 3 N–H and O–H groups in total. The zero-order valence-electron chi connectivity index (χ0n) is 22.0. The van der Waals surface area contributed by atoms with Crippen LogP contribution in [0.1, 0.15) is 55.2 Å². The second-order valence-electron chi connectivity index (χ2n) is 10.7. The fraction of sp³-hybridized carbons (Fsp3) is 0.500. The van der Waals surface area contributed by atoms with Gasteiger partial charge in [0.05, 0.1) is 12.1 Å². The first-order valence-corrected chi connectivity index (χ1v) is 14.0. The molecule has 2 aromatic carbocycles. The van der Waals surface area contributed by atoms with Crippen molar-refractivity contribution in [3.63, 3.8) is 0 Å². The lowest BCUT2D eigenvalue weighted by Gasteiger charge is -2.32. The van der Waals surface area contributed by atoms with Gasteiger partial charge in [0, 0.05) is 43.0 Å². The van der Waals surface area contributed by atoms with E-state index in [0.717, 1.165) is 30.4 Å². The Hall–Kier alpha value is -2.74. The van der Waals surface area contributed by atoms with Gasteiger partial charge in [0.25, 0.3) is 0 Å². The summed E-state index contributed by atoms with van der Waals surface area (Å²) >= 11 is 6.14. The second-order valence-corrected chi connectivity index (χ2v) is 11.1. The molecular formula is C30H38ClN3O4. The summed E-state index contributed by atoms with van der Waals surface area (Å²) in [6.45, 7) is 3.02. The highest BCUT2D eigenvalue weighted by Gasteiger charge is 2.45. The summed E-state index contributed by atoms with van der Waals surface area (Å²) in [5, 5.41) is 10.1. The van der Waals surface area contributed by atoms with Crippen LogP contribution in [0.5, 0.6) is 0 Å². The Morgan fingerprint density at radius 2 is 1.87 bits per heavy atom. The van der Waals surface area contributed by atoms with E-state index in [4.69, 9.17) is 17.3 Å². The molecule has 0 saturated carbocycles. The third kappa shape index (κ3) is 7.01. The van der Waals surface area contributed by atoms with Gasteiger partial charge in [-0.2, -0.15) is 0 Å². The number of nitrogens with two attached hydrogens (primary N) is 1. The number of carboxylic acid groups (broad SMARTS) is 1. The van der Waals surface area contributed by atoms with E-state index in [-0.39, 0.29) is 49.1 Å². The van der Waals surface area contributed by atoms with Crippen LogP contribution in [-0.4, -0.2) is 69.8 Å². The van der Waals surface area contributed by atoms with Crippen molar-refractivity contribution in [1.82, 2.24) is 9.80 Å². The third-order valence-corrected chi connectivity index (χ3v) is 8.41. The van der Waals surface area contributed by atoms with E-state index >= 15 is 0 Å². The maximum absolute atomic E-state index is 13.9. The average Bonchev–Trinajstić information content (AvgIpc) is 3.24. The molecule has 2 fully saturated rings. The van der Waals surface area contributed by atoms with E-state index in [1.807, 2.05) is 43.3 Å². The number of carboxylic acids is 1. The number of benzene rings is 2. The molecule has 1 unspecified atom stereocenters. The van der Waals surface area contributed by atoms with Crippen LogP contribution in [0.25, 0.3) is 0 Å². The molecule has 2 aliphatic rings. The molecule has 38 heavy (non-hydrogen) atoms. The van der Waals surface area contributed by atoms with E-state index in [1.165, 1.54) is 5.56 Å². The van der Waals surface area contributed by atoms with Crippen molar-refractivity contribution in [2.45, 2.75) is 82.5 Å². The van der Waals surface area contributed by atoms with Gasteiger partial charge in [-0.05, 0) is 68.2 Å². The number of ketones is 1. The highest BCUT2D eigenvalue weighted by Crippen LogP contribution is 2.31. The summed E-state index contributed by atoms with van der Waals surface area (Å²) in [5.41, 5.74) is 9.52. The smallest absolute Gasteiger partial charge is 0.303 e. The molecule has 0 bridgehead atoms. The molecule has 1 amide bonds. The van der Waals surface area contributed by atoms with Crippen LogP contribution in [0.15, 0.2) is 48.5 Å². The summed E-state index contributed by atoms with van der Waals surface area (Å²) in [5.74, 6) is -1.15. The Kier molecular flexibility index (Phi) is 9.58. The highest BCUT2D eigenvalue weighted by atomic mass is 35.5. The van der Waals surface area contributed by atoms with Crippen LogP contribution < -0.4 is 5.73 Å². The minimum atomic E-state index is -0.969. The van der Waals surface area contributed by atoms with Crippen LogP contribution in [0.2, 0.25) is 5.02 Å². The number of carbonyl (C=O) groups excluding carboxylic acids is 2. The van der Waals surface area contributed by atoms with E-state index in [9.17, 15) is 19.5 Å². The molecule has 2 aliphatic heterocycles. The molecule has 0 aromatic heterocycles. The van der Waals surface area contributed by atoms with E-state index in [1.54, 1.807) is 4.90 Å². The number of hydrogen-bond acceptors (Lipinski definition) is 5. The lowest BCUT2D eigenvalue weighted by molar-refractivity contribution is -0.144. The summed E-state index contributed by atoms with van der Waals surface area (Å²) < 4.78 is 0. The van der Waals surface area contributed by atoms with Crippen LogP contribution in [-0.2, 0) is 27.2 Å². The molecule has 0 spiro atoms. The van der Waals surface area contributed by atoms with Gasteiger partial charge >= 0.3 is 5.97 Å². The molecule has 4 atom stereocenters. The first kappa shape index (κ1) is 28.3. The largest absolute Gasteiger partial charge is 0.481 e. The maximum Gasteiger partial charge on any atom is 0.303 e. The quantitative estimate of drug-likeness (QED) is 0.447. The summed E-state index contributed by atoms with van der Waals surface area (Å²) in [7, 11) is 0. The number of halogens is 1. The van der Waals surface area contributed by atoms with Gasteiger partial charge in [0.1, 0.15) is 0 Å². The fourth-order valence-electron chi connectivity index (χ4n) is 5.94. The van der Waals surface area contributed by atoms with Crippen molar-refractivity contribution in [2.75, 3.05) is 13.1 Å². The molecule has 0 aliphatic carbocycles. The van der Waals surface area contributed by atoms with Crippen LogP contribution in [0.4, 0.5) is 0 Å². The van der Waals surface area contributed by atoms with Gasteiger partial charge in [0.2, 0.25) is 5.91 Å². The van der Waals surface area contributed by atoms with Gasteiger partial charge < -0.3 is 15.7 Å². The van der Waals surface area contributed by atoms with E-state index < -0.39 is 12.0 Å². The lowest BCUT2D eigenvalue weighted by atomic mass is 9.97. The zero-order valence-corrected chi connectivity index (χ0v) is 22.8. The van der Waals surface area contributed by atoms with Gasteiger partial charge in [-0.1, -0.05) is 54.1 Å². The Morgan fingerprint density at radius 1 is 1.11 bits per heavy atom. The summed E-state index contributed by atoms with van der Waals surface area (Å²) in [6.07, 6.45) is 3.80. The zero-order chi connectivity index (χ0) is 27.2. The number of rotatable bonds is 11. The number of nitrogens with zero attached hydrogens (tertiary/aromatic N) is 2. The Bertz CT molecular complexity index is 1140. The van der Waals surface area contributed by atoms with Crippen molar-refractivity contribution >= 4 is 29.3 Å². The highest BCUT2D eigenvalue weighted by molar-refractivity contribution is 6.31.